The van der Waals surface area contributed by atoms with Gasteiger partial charge in [-0.25, -0.2) is 4.79 Å². The predicted octanol–water partition coefficient (Wildman–Crippen LogP) is -0.594. The molecule has 21 heavy (non-hydrogen) atoms. The molecule has 114 valence electrons. The number of ether oxygens (including phenoxy) is 1. The molecule has 2 rings (SSSR count). The molecule has 0 spiro atoms. The highest BCUT2D eigenvalue weighted by Crippen LogP contribution is 2.28. The van der Waals surface area contributed by atoms with Crippen LogP contribution in [0.3, 0.4) is 0 Å². The molecule has 9 heteroatoms. The molecule has 0 aliphatic heterocycles. The summed E-state index contributed by atoms with van der Waals surface area (Å²) in [5, 5.41) is 5.30. The number of methoxy groups -OCH3 is 1. The molecule has 0 bridgehead atoms. The normalized spacial score (nSPS) is 13.8. The first-order chi connectivity index (χ1) is 10.0. The summed E-state index contributed by atoms with van der Waals surface area (Å²) in [6, 6.07) is 1.20. The van der Waals surface area contributed by atoms with Crippen molar-refractivity contribution in [2.45, 2.75) is 19.4 Å². The van der Waals surface area contributed by atoms with Crippen LogP contribution in [0.25, 0.3) is 0 Å². The van der Waals surface area contributed by atoms with Gasteiger partial charge in [-0.3, -0.25) is 19.1 Å². The third-order valence-corrected chi connectivity index (χ3v) is 3.18. The molecular weight excluding hydrogens is 296 g/mol. The Hall–Kier alpha value is -2.00. The van der Waals surface area contributed by atoms with Gasteiger partial charge in [-0.05, 0) is 25.1 Å². The lowest BCUT2D eigenvalue weighted by Gasteiger charge is -2.14. The van der Waals surface area contributed by atoms with E-state index in [2.05, 4.69) is 15.6 Å². The van der Waals surface area contributed by atoms with E-state index < -0.39 is 11.2 Å². The molecule has 1 heterocycles. The molecule has 1 aromatic heterocycles. The summed E-state index contributed by atoms with van der Waals surface area (Å²) in [6.45, 7) is 0.537. The van der Waals surface area contributed by atoms with Crippen LogP contribution in [-0.4, -0.2) is 34.3 Å². The van der Waals surface area contributed by atoms with Crippen molar-refractivity contribution in [3.05, 3.63) is 26.9 Å². The van der Waals surface area contributed by atoms with Crippen molar-refractivity contribution in [2.75, 3.05) is 19.0 Å². The molecule has 3 N–H and O–H groups in total. The fourth-order valence-corrected chi connectivity index (χ4v) is 1.94. The van der Waals surface area contributed by atoms with Crippen LogP contribution < -0.4 is 21.9 Å². The average Bonchev–Trinajstić information content (AvgIpc) is 3.21. The van der Waals surface area contributed by atoms with Crippen LogP contribution in [0.1, 0.15) is 12.8 Å². The van der Waals surface area contributed by atoms with Crippen molar-refractivity contribution >= 4 is 29.1 Å². The standard InChI is InChI=1S/C12H16N4O4S/c1-20-5-4-16-8(6-9(17)14-12(16)19)13-11(21)15-10(18)7-2-3-7/h6-7H,2-5H2,1H3,(H,14,17,19)(H2,13,15,18,21). The molecule has 8 nitrogen and oxygen atoms in total. The van der Waals surface area contributed by atoms with Gasteiger partial charge in [0, 0.05) is 19.1 Å². The minimum atomic E-state index is -0.571. The first-order valence-electron chi connectivity index (χ1n) is 6.46. The number of carbonyl (C=O) groups is 1. The van der Waals surface area contributed by atoms with Crippen molar-refractivity contribution in [3.63, 3.8) is 0 Å². The van der Waals surface area contributed by atoms with Crippen molar-refractivity contribution in [1.82, 2.24) is 14.9 Å². The predicted molar refractivity (Wildman–Crippen MR) is 80.3 cm³/mol. The summed E-state index contributed by atoms with van der Waals surface area (Å²) in [5.74, 6) is 0.0737. The number of rotatable bonds is 5. The van der Waals surface area contributed by atoms with Crippen LogP contribution in [0.4, 0.5) is 5.82 Å². The number of thiocarbonyl (C=S) groups is 1. The monoisotopic (exact) mass is 312 g/mol. The summed E-state index contributed by atoms with van der Waals surface area (Å²) in [6.07, 6.45) is 1.72. The van der Waals surface area contributed by atoms with Gasteiger partial charge in [-0.15, -0.1) is 0 Å². The van der Waals surface area contributed by atoms with E-state index >= 15 is 0 Å². The lowest BCUT2D eigenvalue weighted by atomic mass is 10.4. The van der Waals surface area contributed by atoms with Crippen molar-refractivity contribution in [2.24, 2.45) is 5.92 Å². The fraction of sp³-hybridized carbons (Fsp3) is 0.500. The van der Waals surface area contributed by atoms with Gasteiger partial charge in [0.1, 0.15) is 5.82 Å². The Labute approximate surface area is 125 Å². The average molecular weight is 312 g/mol. The highest BCUT2D eigenvalue weighted by Gasteiger charge is 2.30. The van der Waals surface area contributed by atoms with E-state index in [4.69, 9.17) is 17.0 Å². The van der Waals surface area contributed by atoms with Gasteiger partial charge in [0.25, 0.3) is 5.56 Å². The molecule has 1 aromatic rings. The van der Waals surface area contributed by atoms with Crippen molar-refractivity contribution < 1.29 is 9.53 Å². The van der Waals surface area contributed by atoms with Crippen molar-refractivity contribution in [3.8, 4) is 0 Å². The third-order valence-electron chi connectivity index (χ3n) is 2.98. The van der Waals surface area contributed by atoms with Gasteiger partial charge >= 0.3 is 5.69 Å². The third kappa shape index (κ3) is 4.23. The second kappa shape index (κ2) is 6.64. The Balaban J connectivity index is 2.13. The van der Waals surface area contributed by atoms with E-state index in [1.165, 1.54) is 17.7 Å². The minimum Gasteiger partial charge on any atom is -0.383 e. The number of nitrogens with one attached hydrogen (secondary N) is 3. The maximum absolute atomic E-state index is 11.8. The van der Waals surface area contributed by atoms with Gasteiger partial charge in [-0.2, -0.15) is 0 Å². The zero-order chi connectivity index (χ0) is 15.4. The van der Waals surface area contributed by atoms with Gasteiger partial charge in [0.15, 0.2) is 5.11 Å². The lowest BCUT2D eigenvalue weighted by molar-refractivity contribution is -0.120. The maximum Gasteiger partial charge on any atom is 0.329 e. The number of aromatic nitrogens is 2. The number of nitrogens with zero attached hydrogens (tertiary/aromatic N) is 1. The Morgan fingerprint density at radius 1 is 1.52 bits per heavy atom. The number of amides is 1. The SMILES string of the molecule is COCCn1c(NC(=S)NC(=O)C2CC2)cc(=O)[nH]c1=O. The van der Waals surface area contributed by atoms with Gasteiger partial charge in [-0.1, -0.05) is 0 Å². The molecular formula is C12H16N4O4S. The zero-order valence-electron chi connectivity index (χ0n) is 11.5. The topological polar surface area (TPSA) is 105 Å². The number of anilines is 1. The van der Waals surface area contributed by atoms with Crippen LogP contribution >= 0.6 is 12.2 Å². The van der Waals surface area contributed by atoms with E-state index in [9.17, 15) is 14.4 Å². The number of aromatic amines is 1. The first-order valence-corrected chi connectivity index (χ1v) is 6.87. The second-order valence-electron chi connectivity index (χ2n) is 4.69. The smallest absolute Gasteiger partial charge is 0.329 e. The number of hydrogen-bond acceptors (Lipinski definition) is 5. The maximum atomic E-state index is 11.8. The molecule has 0 radical (unpaired) electrons. The van der Waals surface area contributed by atoms with E-state index in [1.54, 1.807) is 0 Å². The molecule has 1 amide bonds. The Morgan fingerprint density at radius 3 is 2.86 bits per heavy atom. The van der Waals surface area contributed by atoms with E-state index in [-0.39, 0.29) is 29.3 Å². The Morgan fingerprint density at radius 2 is 2.24 bits per heavy atom. The summed E-state index contributed by atoms with van der Waals surface area (Å²) >= 11 is 5.02. The number of carbonyl (C=O) groups excluding carboxylic acids is 1. The molecule has 0 saturated heterocycles. The Kier molecular flexibility index (Phi) is 4.86. The summed E-state index contributed by atoms with van der Waals surface area (Å²) < 4.78 is 6.19. The number of H-pyrrole nitrogens is 1. The van der Waals surface area contributed by atoms with E-state index in [0.29, 0.717) is 6.61 Å². The van der Waals surface area contributed by atoms with Crippen LogP contribution in [0.5, 0.6) is 0 Å². The van der Waals surface area contributed by atoms with E-state index in [1.807, 2.05) is 0 Å². The highest BCUT2D eigenvalue weighted by atomic mass is 32.1. The van der Waals surface area contributed by atoms with Gasteiger partial charge < -0.3 is 15.4 Å². The lowest BCUT2D eigenvalue weighted by Crippen LogP contribution is -2.39. The van der Waals surface area contributed by atoms with Gasteiger partial charge in [0.2, 0.25) is 5.91 Å². The molecule has 0 aromatic carbocycles. The van der Waals surface area contributed by atoms with Gasteiger partial charge in [0.05, 0.1) is 13.2 Å². The summed E-state index contributed by atoms with van der Waals surface area (Å²) in [4.78, 5) is 36.9. The Bertz CT molecular complexity index is 662. The fourth-order valence-electron chi connectivity index (χ4n) is 1.74. The summed E-state index contributed by atoms with van der Waals surface area (Å²) in [5.41, 5.74) is -1.12. The minimum absolute atomic E-state index is 0.0135. The quantitative estimate of drug-likeness (QED) is 0.628. The molecule has 0 atom stereocenters. The molecule has 1 aliphatic rings. The highest BCUT2D eigenvalue weighted by molar-refractivity contribution is 7.80. The largest absolute Gasteiger partial charge is 0.383 e. The van der Waals surface area contributed by atoms with Crippen molar-refractivity contribution in [1.29, 1.82) is 0 Å². The molecule has 0 unspecified atom stereocenters. The van der Waals surface area contributed by atoms with E-state index in [0.717, 1.165) is 12.8 Å². The first kappa shape index (κ1) is 15.4. The molecule has 1 aliphatic carbocycles. The zero-order valence-corrected chi connectivity index (χ0v) is 12.3. The molecule has 1 saturated carbocycles. The number of hydrogen-bond donors (Lipinski definition) is 3. The van der Waals surface area contributed by atoms with Crippen LogP contribution in [0.15, 0.2) is 15.7 Å². The van der Waals surface area contributed by atoms with Crippen LogP contribution in [0.2, 0.25) is 0 Å². The second-order valence-corrected chi connectivity index (χ2v) is 5.09. The van der Waals surface area contributed by atoms with Crippen LogP contribution in [-0.2, 0) is 16.1 Å². The van der Waals surface area contributed by atoms with Crippen LogP contribution in [0, 0.1) is 5.92 Å². The summed E-state index contributed by atoms with van der Waals surface area (Å²) in [7, 11) is 1.50. The molecule has 1 fully saturated rings.